The van der Waals surface area contributed by atoms with Crippen LogP contribution in [0.4, 0.5) is 5.69 Å². The zero-order chi connectivity index (χ0) is 22.9. The van der Waals surface area contributed by atoms with Gasteiger partial charge >= 0.3 is 5.97 Å². The Hall–Kier alpha value is -3.91. The standard InChI is InChI=1S/C24H23NO7/c1-2-30-21-10-6-7-11-22(21)32-23(17-8-4-3-5-9-17)20(26)16-31-24(27)18-12-14-19(15-13-18)25(28)29/h3-15,20,23,26H,2,16H2,1H3/t20-,23-/m0/s1. The van der Waals surface area contributed by atoms with E-state index >= 15 is 0 Å². The summed E-state index contributed by atoms with van der Waals surface area (Å²) in [5.41, 5.74) is 0.700. The first kappa shape index (κ1) is 22.8. The molecule has 2 atom stereocenters. The molecule has 0 aliphatic heterocycles. The van der Waals surface area contributed by atoms with Crippen LogP contribution in [0.3, 0.4) is 0 Å². The van der Waals surface area contributed by atoms with Gasteiger partial charge in [0.2, 0.25) is 0 Å². The van der Waals surface area contributed by atoms with E-state index in [2.05, 4.69) is 0 Å². The number of aliphatic hydroxyl groups excluding tert-OH is 1. The van der Waals surface area contributed by atoms with Gasteiger partial charge < -0.3 is 19.3 Å². The second-order valence-corrected chi connectivity index (χ2v) is 6.80. The van der Waals surface area contributed by atoms with Crippen LogP contribution in [0.1, 0.15) is 28.9 Å². The Morgan fingerprint density at radius 1 is 0.969 bits per heavy atom. The fraction of sp³-hybridized carbons (Fsp3) is 0.208. The number of aliphatic hydroxyl groups is 1. The first-order valence-electron chi connectivity index (χ1n) is 10.0. The Bertz CT molecular complexity index is 1040. The minimum atomic E-state index is -1.19. The van der Waals surface area contributed by atoms with Gasteiger partial charge in [0.25, 0.3) is 5.69 Å². The number of non-ortho nitro benzene ring substituents is 1. The van der Waals surface area contributed by atoms with Crippen molar-refractivity contribution >= 4 is 11.7 Å². The van der Waals surface area contributed by atoms with Crippen LogP contribution < -0.4 is 9.47 Å². The van der Waals surface area contributed by atoms with Crippen molar-refractivity contribution < 1.29 is 29.0 Å². The average molecular weight is 437 g/mol. The van der Waals surface area contributed by atoms with Crippen molar-refractivity contribution in [2.75, 3.05) is 13.2 Å². The van der Waals surface area contributed by atoms with Crippen molar-refractivity contribution in [3.05, 3.63) is 100 Å². The number of esters is 1. The number of carbonyl (C=O) groups is 1. The molecule has 32 heavy (non-hydrogen) atoms. The van der Waals surface area contributed by atoms with Crippen LogP contribution in [0.2, 0.25) is 0 Å². The minimum absolute atomic E-state index is 0.132. The topological polar surface area (TPSA) is 108 Å². The fourth-order valence-corrected chi connectivity index (χ4v) is 3.02. The maximum Gasteiger partial charge on any atom is 0.338 e. The molecule has 0 aliphatic rings. The second kappa shape index (κ2) is 10.9. The predicted octanol–water partition coefficient (Wildman–Crippen LogP) is 4.33. The molecule has 0 bridgehead atoms. The van der Waals surface area contributed by atoms with E-state index in [1.165, 1.54) is 24.3 Å². The van der Waals surface area contributed by atoms with Gasteiger partial charge in [0.1, 0.15) is 12.7 Å². The van der Waals surface area contributed by atoms with Crippen molar-refractivity contribution in [2.24, 2.45) is 0 Å². The Morgan fingerprint density at radius 3 is 2.22 bits per heavy atom. The molecule has 0 saturated heterocycles. The van der Waals surface area contributed by atoms with Crippen molar-refractivity contribution in [2.45, 2.75) is 19.1 Å². The molecule has 1 N–H and O–H groups in total. The zero-order valence-electron chi connectivity index (χ0n) is 17.4. The number of rotatable bonds is 10. The third kappa shape index (κ3) is 5.83. The number of nitro benzene ring substituents is 1. The van der Waals surface area contributed by atoms with Crippen molar-refractivity contribution in [3.8, 4) is 11.5 Å². The molecule has 3 aromatic rings. The third-order valence-corrected chi connectivity index (χ3v) is 4.58. The Kier molecular flexibility index (Phi) is 7.77. The van der Waals surface area contributed by atoms with E-state index in [0.29, 0.717) is 23.7 Å². The molecule has 0 fully saturated rings. The van der Waals surface area contributed by atoms with Crippen LogP contribution in [-0.4, -0.2) is 35.3 Å². The number of ether oxygens (including phenoxy) is 3. The molecule has 0 unspecified atom stereocenters. The number of nitrogens with zero attached hydrogens (tertiary/aromatic N) is 1. The van der Waals surface area contributed by atoms with E-state index < -0.39 is 23.1 Å². The summed E-state index contributed by atoms with van der Waals surface area (Å²) in [5, 5.41) is 21.6. The number of carbonyl (C=O) groups excluding carboxylic acids is 1. The summed E-state index contributed by atoms with van der Waals surface area (Å²) in [6, 6.07) is 21.2. The summed E-state index contributed by atoms with van der Waals surface area (Å²) < 4.78 is 16.9. The van der Waals surface area contributed by atoms with Crippen molar-refractivity contribution in [3.63, 3.8) is 0 Å². The number of nitro groups is 1. The molecule has 8 heteroatoms. The van der Waals surface area contributed by atoms with Crippen LogP contribution in [0.15, 0.2) is 78.9 Å². The zero-order valence-corrected chi connectivity index (χ0v) is 17.4. The Balaban J connectivity index is 1.74. The predicted molar refractivity (Wildman–Crippen MR) is 117 cm³/mol. The summed E-state index contributed by atoms with van der Waals surface area (Å²) in [5.74, 6) is 0.274. The molecule has 0 heterocycles. The SMILES string of the molecule is CCOc1ccccc1O[C@@H](c1ccccc1)[C@@H](O)COC(=O)c1ccc([N+](=O)[O-])cc1. The molecule has 166 valence electrons. The summed E-state index contributed by atoms with van der Waals surface area (Å²) in [6.45, 7) is 1.97. The van der Waals surface area contributed by atoms with Gasteiger partial charge in [0, 0.05) is 12.1 Å². The van der Waals surface area contributed by atoms with Gasteiger partial charge in [-0.25, -0.2) is 4.79 Å². The number of para-hydroxylation sites is 2. The van der Waals surface area contributed by atoms with Crippen molar-refractivity contribution in [1.29, 1.82) is 0 Å². The maximum absolute atomic E-state index is 12.3. The molecule has 0 radical (unpaired) electrons. The molecular formula is C24H23NO7. The van der Waals surface area contributed by atoms with Gasteiger partial charge in [-0.15, -0.1) is 0 Å². The Morgan fingerprint density at radius 2 is 1.59 bits per heavy atom. The van der Waals surface area contributed by atoms with E-state index in [-0.39, 0.29) is 17.9 Å². The lowest BCUT2D eigenvalue weighted by Crippen LogP contribution is -2.29. The molecular weight excluding hydrogens is 414 g/mol. The number of benzene rings is 3. The summed E-state index contributed by atoms with van der Waals surface area (Å²) >= 11 is 0. The monoisotopic (exact) mass is 437 g/mol. The summed E-state index contributed by atoms with van der Waals surface area (Å²) in [6.07, 6.45) is -2.02. The lowest BCUT2D eigenvalue weighted by molar-refractivity contribution is -0.384. The fourth-order valence-electron chi connectivity index (χ4n) is 3.02. The van der Waals surface area contributed by atoms with Crippen LogP contribution >= 0.6 is 0 Å². The van der Waals surface area contributed by atoms with Crippen LogP contribution in [-0.2, 0) is 4.74 Å². The van der Waals surface area contributed by atoms with E-state index in [1.54, 1.807) is 30.3 Å². The Labute approximate surface area is 185 Å². The normalized spacial score (nSPS) is 12.4. The molecule has 0 saturated carbocycles. The van der Waals surface area contributed by atoms with Gasteiger partial charge in [-0.2, -0.15) is 0 Å². The molecule has 0 aliphatic carbocycles. The second-order valence-electron chi connectivity index (χ2n) is 6.80. The van der Waals surface area contributed by atoms with Gasteiger partial charge in [0.15, 0.2) is 17.6 Å². The molecule has 0 aromatic heterocycles. The minimum Gasteiger partial charge on any atom is -0.490 e. The highest BCUT2D eigenvalue weighted by molar-refractivity contribution is 5.89. The lowest BCUT2D eigenvalue weighted by atomic mass is 10.0. The molecule has 8 nitrogen and oxygen atoms in total. The molecule has 3 rings (SSSR count). The van der Waals surface area contributed by atoms with E-state index in [0.717, 1.165) is 0 Å². The maximum atomic E-state index is 12.3. The van der Waals surface area contributed by atoms with E-state index in [9.17, 15) is 20.0 Å². The third-order valence-electron chi connectivity index (χ3n) is 4.58. The molecule has 0 spiro atoms. The molecule has 3 aromatic carbocycles. The number of hydrogen-bond donors (Lipinski definition) is 1. The summed E-state index contributed by atoms with van der Waals surface area (Å²) in [4.78, 5) is 22.5. The smallest absolute Gasteiger partial charge is 0.338 e. The van der Waals surface area contributed by atoms with Crippen LogP contribution in [0, 0.1) is 10.1 Å². The van der Waals surface area contributed by atoms with Crippen molar-refractivity contribution in [1.82, 2.24) is 0 Å². The van der Waals surface area contributed by atoms with Gasteiger partial charge in [-0.05, 0) is 36.8 Å². The van der Waals surface area contributed by atoms with E-state index in [1.807, 2.05) is 31.2 Å². The van der Waals surface area contributed by atoms with Gasteiger partial charge in [0.05, 0.1) is 17.1 Å². The first-order valence-corrected chi connectivity index (χ1v) is 10.0. The highest BCUT2D eigenvalue weighted by atomic mass is 16.6. The van der Waals surface area contributed by atoms with Crippen LogP contribution in [0.5, 0.6) is 11.5 Å². The first-order chi connectivity index (χ1) is 15.5. The highest BCUT2D eigenvalue weighted by Gasteiger charge is 2.26. The molecule has 0 amide bonds. The van der Waals surface area contributed by atoms with Crippen LogP contribution in [0.25, 0.3) is 0 Å². The lowest BCUT2D eigenvalue weighted by Gasteiger charge is -2.25. The quantitative estimate of drug-likeness (QED) is 0.286. The van der Waals surface area contributed by atoms with Gasteiger partial charge in [-0.1, -0.05) is 42.5 Å². The van der Waals surface area contributed by atoms with Gasteiger partial charge in [-0.3, -0.25) is 10.1 Å². The largest absolute Gasteiger partial charge is 0.490 e. The number of hydrogen-bond acceptors (Lipinski definition) is 7. The summed E-state index contributed by atoms with van der Waals surface area (Å²) in [7, 11) is 0. The average Bonchev–Trinajstić information content (AvgIpc) is 2.82. The highest BCUT2D eigenvalue weighted by Crippen LogP contribution is 2.32. The van der Waals surface area contributed by atoms with E-state index in [4.69, 9.17) is 14.2 Å².